The lowest BCUT2D eigenvalue weighted by atomic mass is 10.1. The fraction of sp³-hybridized carbons (Fsp3) is 0.105. The fourth-order valence-corrected chi connectivity index (χ4v) is 3.88. The van der Waals surface area contributed by atoms with Crippen molar-refractivity contribution in [3.63, 3.8) is 0 Å². The van der Waals surface area contributed by atoms with Crippen LogP contribution < -0.4 is 10.9 Å². The van der Waals surface area contributed by atoms with Gasteiger partial charge in [-0.1, -0.05) is 18.2 Å². The first-order chi connectivity index (χ1) is 12.0. The molecule has 0 atom stereocenters. The monoisotopic (exact) mass is 350 g/mol. The molecule has 4 aromatic rings. The molecule has 0 radical (unpaired) electrons. The Labute approximate surface area is 146 Å². The smallest absolute Gasteiger partial charge is 0.349 e. The number of rotatable bonds is 2. The zero-order valence-electron chi connectivity index (χ0n) is 13.6. The fourth-order valence-electron chi connectivity index (χ4n) is 2.89. The van der Waals surface area contributed by atoms with Gasteiger partial charge in [-0.15, -0.1) is 11.3 Å². The van der Waals surface area contributed by atoms with E-state index in [4.69, 9.17) is 4.42 Å². The van der Waals surface area contributed by atoms with E-state index in [1.165, 1.54) is 11.3 Å². The molecular weight excluding hydrogens is 336 g/mol. The van der Waals surface area contributed by atoms with Gasteiger partial charge in [-0.05, 0) is 37.6 Å². The van der Waals surface area contributed by atoms with Crippen LogP contribution in [0, 0.1) is 13.8 Å². The molecule has 6 heteroatoms. The molecular formula is C19H14N2O3S. The zero-order valence-corrected chi connectivity index (χ0v) is 14.4. The van der Waals surface area contributed by atoms with Crippen LogP contribution in [0.1, 0.15) is 21.6 Å². The van der Waals surface area contributed by atoms with Gasteiger partial charge in [-0.2, -0.15) is 0 Å². The molecule has 3 heterocycles. The van der Waals surface area contributed by atoms with Gasteiger partial charge < -0.3 is 9.73 Å². The lowest BCUT2D eigenvalue weighted by Crippen LogP contribution is -2.20. The summed E-state index contributed by atoms with van der Waals surface area (Å²) in [5.41, 5.74) is 2.41. The molecule has 0 fully saturated rings. The maximum atomic E-state index is 12.6. The summed E-state index contributed by atoms with van der Waals surface area (Å²) >= 11 is 1.46. The summed E-state index contributed by atoms with van der Waals surface area (Å²) in [6.45, 7) is 3.91. The Morgan fingerprint density at radius 2 is 2.00 bits per heavy atom. The number of anilines is 1. The molecule has 1 N–H and O–H groups in total. The molecule has 4 rings (SSSR count). The van der Waals surface area contributed by atoms with E-state index in [1.54, 1.807) is 24.3 Å². The second-order valence-corrected chi connectivity index (χ2v) is 6.71. The summed E-state index contributed by atoms with van der Waals surface area (Å²) < 4.78 is 5.23. The van der Waals surface area contributed by atoms with Gasteiger partial charge in [0.1, 0.15) is 16.0 Å². The Hall–Kier alpha value is -2.99. The van der Waals surface area contributed by atoms with E-state index >= 15 is 0 Å². The van der Waals surface area contributed by atoms with E-state index in [1.807, 2.05) is 31.4 Å². The van der Waals surface area contributed by atoms with Gasteiger partial charge in [0.05, 0.1) is 5.69 Å². The lowest BCUT2D eigenvalue weighted by molar-refractivity contribution is 0.102. The number of fused-ring (bicyclic) bond motifs is 2. The van der Waals surface area contributed by atoms with E-state index in [9.17, 15) is 9.59 Å². The number of aromatic nitrogens is 1. The molecule has 0 aliphatic carbocycles. The van der Waals surface area contributed by atoms with Crippen LogP contribution in [0.2, 0.25) is 0 Å². The number of aryl methyl sites for hydroxylation is 2. The minimum Gasteiger partial charge on any atom is -0.422 e. The van der Waals surface area contributed by atoms with E-state index in [0.717, 1.165) is 21.5 Å². The SMILES string of the molecule is Cc1cc(C)c2c(NC(=O)c3cc4ccccc4oc3=O)csc2n1. The van der Waals surface area contributed by atoms with Crippen molar-refractivity contribution in [1.82, 2.24) is 4.98 Å². The average Bonchev–Trinajstić information content (AvgIpc) is 2.96. The number of pyridine rings is 1. The van der Waals surface area contributed by atoms with Crippen molar-refractivity contribution in [3.8, 4) is 0 Å². The number of benzene rings is 1. The normalized spacial score (nSPS) is 11.1. The summed E-state index contributed by atoms with van der Waals surface area (Å²) in [4.78, 5) is 30.1. The number of amides is 1. The lowest BCUT2D eigenvalue weighted by Gasteiger charge is -2.06. The van der Waals surface area contributed by atoms with Gasteiger partial charge in [0.25, 0.3) is 5.91 Å². The molecule has 0 aliphatic heterocycles. The van der Waals surface area contributed by atoms with Crippen LogP contribution in [0.15, 0.2) is 51.0 Å². The molecule has 0 saturated heterocycles. The third-order valence-electron chi connectivity index (χ3n) is 4.00. The Balaban J connectivity index is 1.76. The molecule has 124 valence electrons. The minimum absolute atomic E-state index is 0.0178. The Kier molecular flexibility index (Phi) is 3.62. The van der Waals surface area contributed by atoms with Gasteiger partial charge in [0, 0.05) is 21.8 Å². The van der Waals surface area contributed by atoms with E-state index in [0.29, 0.717) is 16.7 Å². The van der Waals surface area contributed by atoms with Gasteiger partial charge in [-0.3, -0.25) is 4.79 Å². The highest BCUT2D eigenvalue weighted by Crippen LogP contribution is 2.32. The van der Waals surface area contributed by atoms with Crippen molar-refractivity contribution in [2.45, 2.75) is 13.8 Å². The van der Waals surface area contributed by atoms with Crippen molar-refractivity contribution in [2.75, 3.05) is 5.32 Å². The summed E-state index contributed by atoms with van der Waals surface area (Å²) in [6, 6.07) is 10.6. The van der Waals surface area contributed by atoms with Crippen molar-refractivity contribution < 1.29 is 9.21 Å². The maximum absolute atomic E-state index is 12.6. The standard InChI is InChI=1S/C19H14N2O3S/c1-10-7-11(2)20-18-16(10)14(9-25-18)21-17(22)13-8-12-5-3-4-6-15(12)24-19(13)23/h3-9H,1-2H3,(H,21,22). The highest BCUT2D eigenvalue weighted by atomic mass is 32.1. The van der Waals surface area contributed by atoms with Gasteiger partial charge in [-0.25, -0.2) is 9.78 Å². The van der Waals surface area contributed by atoms with Crippen LogP contribution in [0.25, 0.3) is 21.2 Å². The first-order valence-electron chi connectivity index (χ1n) is 7.72. The number of nitrogens with one attached hydrogen (secondary N) is 1. The van der Waals surface area contributed by atoms with Crippen molar-refractivity contribution in [2.24, 2.45) is 0 Å². The molecule has 25 heavy (non-hydrogen) atoms. The predicted octanol–water partition coefficient (Wildman–Crippen LogP) is 4.27. The maximum Gasteiger partial charge on any atom is 0.349 e. The number of hydrogen-bond donors (Lipinski definition) is 1. The summed E-state index contributed by atoms with van der Waals surface area (Å²) in [5, 5.41) is 6.26. The Morgan fingerprint density at radius 3 is 2.84 bits per heavy atom. The molecule has 0 saturated carbocycles. The number of carbonyl (C=O) groups excluding carboxylic acids is 1. The highest BCUT2D eigenvalue weighted by Gasteiger charge is 2.17. The third kappa shape index (κ3) is 2.70. The van der Waals surface area contributed by atoms with Crippen LogP contribution in [0.4, 0.5) is 5.69 Å². The van der Waals surface area contributed by atoms with Crippen LogP contribution in [-0.4, -0.2) is 10.9 Å². The second kappa shape index (κ2) is 5.82. The Morgan fingerprint density at radius 1 is 1.20 bits per heavy atom. The molecule has 0 bridgehead atoms. The minimum atomic E-state index is -0.651. The first-order valence-corrected chi connectivity index (χ1v) is 8.60. The van der Waals surface area contributed by atoms with Gasteiger partial charge >= 0.3 is 5.63 Å². The predicted molar refractivity (Wildman–Crippen MR) is 99.5 cm³/mol. The number of thiophene rings is 1. The van der Waals surface area contributed by atoms with Gasteiger partial charge in [0.2, 0.25) is 0 Å². The zero-order chi connectivity index (χ0) is 17.6. The Bertz CT molecular complexity index is 1190. The van der Waals surface area contributed by atoms with E-state index in [2.05, 4.69) is 10.3 Å². The summed E-state index contributed by atoms with van der Waals surface area (Å²) in [5.74, 6) is -0.487. The van der Waals surface area contributed by atoms with Crippen LogP contribution in [0.5, 0.6) is 0 Å². The number of nitrogens with zero attached hydrogens (tertiary/aromatic N) is 1. The molecule has 1 amide bonds. The topological polar surface area (TPSA) is 72.2 Å². The van der Waals surface area contributed by atoms with Crippen LogP contribution in [0.3, 0.4) is 0 Å². The molecule has 0 aliphatic rings. The second-order valence-electron chi connectivity index (χ2n) is 5.85. The highest BCUT2D eigenvalue weighted by molar-refractivity contribution is 7.17. The number of hydrogen-bond acceptors (Lipinski definition) is 5. The van der Waals surface area contributed by atoms with Crippen molar-refractivity contribution in [1.29, 1.82) is 0 Å². The quantitative estimate of drug-likeness (QED) is 0.548. The first kappa shape index (κ1) is 15.5. The number of carbonyl (C=O) groups is 1. The molecule has 5 nitrogen and oxygen atoms in total. The van der Waals surface area contributed by atoms with Crippen LogP contribution >= 0.6 is 11.3 Å². The third-order valence-corrected chi connectivity index (χ3v) is 4.88. The van der Waals surface area contributed by atoms with E-state index < -0.39 is 11.5 Å². The average molecular weight is 350 g/mol. The van der Waals surface area contributed by atoms with E-state index in [-0.39, 0.29) is 5.56 Å². The summed E-state index contributed by atoms with van der Waals surface area (Å²) in [6.07, 6.45) is 0. The van der Waals surface area contributed by atoms with Gasteiger partial charge in [0.15, 0.2) is 0 Å². The van der Waals surface area contributed by atoms with Crippen LogP contribution in [-0.2, 0) is 0 Å². The number of para-hydroxylation sites is 1. The largest absolute Gasteiger partial charge is 0.422 e. The molecule has 0 unspecified atom stereocenters. The van der Waals surface area contributed by atoms with Crippen molar-refractivity contribution >= 4 is 44.1 Å². The molecule has 3 aromatic heterocycles. The molecule has 0 spiro atoms. The molecule has 1 aromatic carbocycles. The van der Waals surface area contributed by atoms with Crippen molar-refractivity contribution in [3.05, 3.63) is 69.0 Å². The summed E-state index contributed by atoms with van der Waals surface area (Å²) in [7, 11) is 0.